The molecule has 3 rings (SSSR count). The fourth-order valence-electron chi connectivity index (χ4n) is 2.45. The summed E-state index contributed by atoms with van der Waals surface area (Å²) in [5.41, 5.74) is 10.3. The van der Waals surface area contributed by atoms with Gasteiger partial charge in [0.05, 0.1) is 24.6 Å². The summed E-state index contributed by atoms with van der Waals surface area (Å²) >= 11 is 0. The minimum atomic E-state index is 0.00497. The van der Waals surface area contributed by atoms with Gasteiger partial charge in [-0.25, -0.2) is 0 Å². The van der Waals surface area contributed by atoms with Gasteiger partial charge in [0, 0.05) is 24.5 Å². The molecule has 0 amide bonds. The molecule has 2 N–H and O–H groups in total. The molecule has 4 heteroatoms. The predicted octanol–water partition coefficient (Wildman–Crippen LogP) is 1.72. The molecule has 92 valence electrons. The Kier molecular flexibility index (Phi) is 3.04. The molecule has 1 aromatic carbocycles. The quantitative estimate of drug-likeness (QED) is 0.869. The first kappa shape index (κ1) is 11.3. The zero-order chi connectivity index (χ0) is 12.4. The molecule has 0 bridgehead atoms. The molecular formula is C14H15N3O. The maximum atomic E-state index is 5.75. The van der Waals surface area contributed by atoms with Crippen LogP contribution in [0.1, 0.15) is 17.2 Å². The highest BCUT2D eigenvalue weighted by Gasteiger charge is 2.22. The molecule has 0 aliphatic carbocycles. The molecule has 1 atom stereocenters. The number of nitrogens with zero attached hydrogens (tertiary/aromatic N) is 2. The summed E-state index contributed by atoms with van der Waals surface area (Å²) in [5, 5.41) is 0. The summed E-state index contributed by atoms with van der Waals surface area (Å²) in [4.78, 5) is 8.50. The van der Waals surface area contributed by atoms with Gasteiger partial charge in [-0.05, 0) is 17.5 Å². The SMILES string of the molecule is NC[C@H]1OCCc2c(-c3cnccn3)cccc21. The molecule has 2 heterocycles. The molecule has 18 heavy (non-hydrogen) atoms. The molecule has 2 aromatic rings. The van der Waals surface area contributed by atoms with Gasteiger partial charge < -0.3 is 10.5 Å². The Labute approximate surface area is 106 Å². The van der Waals surface area contributed by atoms with Gasteiger partial charge in [-0.15, -0.1) is 0 Å². The van der Waals surface area contributed by atoms with Gasteiger partial charge in [0.25, 0.3) is 0 Å². The summed E-state index contributed by atoms with van der Waals surface area (Å²) in [6.45, 7) is 1.23. The normalized spacial score (nSPS) is 18.4. The lowest BCUT2D eigenvalue weighted by Crippen LogP contribution is -2.23. The van der Waals surface area contributed by atoms with Crippen molar-refractivity contribution in [2.75, 3.05) is 13.2 Å². The lowest BCUT2D eigenvalue weighted by molar-refractivity contribution is 0.0486. The van der Waals surface area contributed by atoms with Gasteiger partial charge in [0.2, 0.25) is 0 Å². The summed E-state index contributed by atoms with van der Waals surface area (Å²) < 4.78 is 5.68. The van der Waals surface area contributed by atoms with E-state index in [1.54, 1.807) is 18.6 Å². The molecule has 1 aliphatic rings. The van der Waals surface area contributed by atoms with Crippen molar-refractivity contribution >= 4 is 0 Å². The van der Waals surface area contributed by atoms with E-state index in [1.807, 2.05) is 6.07 Å². The van der Waals surface area contributed by atoms with Crippen molar-refractivity contribution in [2.45, 2.75) is 12.5 Å². The Morgan fingerprint density at radius 2 is 2.28 bits per heavy atom. The van der Waals surface area contributed by atoms with Crippen molar-refractivity contribution in [1.29, 1.82) is 0 Å². The van der Waals surface area contributed by atoms with E-state index in [9.17, 15) is 0 Å². The minimum Gasteiger partial charge on any atom is -0.372 e. The fraction of sp³-hybridized carbons (Fsp3) is 0.286. The molecule has 0 unspecified atom stereocenters. The topological polar surface area (TPSA) is 61.0 Å². The van der Waals surface area contributed by atoms with Crippen LogP contribution >= 0.6 is 0 Å². The number of aromatic nitrogens is 2. The van der Waals surface area contributed by atoms with Crippen LogP contribution < -0.4 is 5.73 Å². The number of hydrogen-bond acceptors (Lipinski definition) is 4. The molecule has 0 saturated heterocycles. The van der Waals surface area contributed by atoms with Crippen molar-refractivity contribution in [2.24, 2.45) is 5.73 Å². The van der Waals surface area contributed by atoms with Crippen molar-refractivity contribution < 1.29 is 4.74 Å². The van der Waals surface area contributed by atoms with E-state index < -0.39 is 0 Å². The van der Waals surface area contributed by atoms with Crippen LogP contribution in [-0.2, 0) is 11.2 Å². The van der Waals surface area contributed by atoms with Crippen LogP contribution in [0.4, 0.5) is 0 Å². The Morgan fingerprint density at radius 1 is 1.33 bits per heavy atom. The number of nitrogens with two attached hydrogens (primary N) is 1. The molecule has 1 aromatic heterocycles. The molecule has 0 radical (unpaired) electrons. The molecule has 0 saturated carbocycles. The third-order valence-electron chi connectivity index (χ3n) is 3.28. The van der Waals surface area contributed by atoms with E-state index in [0.717, 1.165) is 17.7 Å². The van der Waals surface area contributed by atoms with E-state index in [4.69, 9.17) is 10.5 Å². The van der Waals surface area contributed by atoms with E-state index in [-0.39, 0.29) is 6.10 Å². The second-order valence-corrected chi connectivity index (χ2v) is 4.31. The smallest absolute Gasteiger partial charge is 0.0950 e. The molecule has 1 aliphatic heterocycles. The van der Waals surface area contributed by atoms with E-state index in [1.165, 1.54) is 11.1 Å². The van der Waals surface area contributed by atoms with Crippen molar-refractivity contribution in [3.63, 3.8) is 0 Å². The third kappa shape index (κ3) is 1.89. The maximum Gasteiger partial charge on any atom is 0.0950 e. The third-order valence-corrected chi connectivity index (χ3v) is 3.28. The number of fused-ring (bicyclic) bond motifs is 1. The average molecular weight is 241 g/mol. The van der Waals surface area contributed by atoms with E-state index in [2.05, 4.69) is 22.1 Å². The second-order valence-electron chi connectivity index (χ2n) is 4.31. The lowest BCUT2D eigenvalue weighted by Gasteiger charge is -2.26. The molecule has 0 fully saturated rings. The van der Waals surface area contributed by atoms with Gasteiger partial charge in [0.15, 0.2) is 0 Å². The van der Waals surface area contributed by atoms with Crippen molar-refractivity contribution in [3.8, 4) is 11.3 Å². The largest absolute Gasteiger partial charge is 0.372 e. The second kappa shape index (κ2) is 4.84. The molecule has 0 spiro atoms. The number of ether oxygens (including phenoxy) is 1. The van der Waals surface area contributed by atoms with Crippen LogP contribution in [0.25, 0.3) is 11.3 Å². The number of rotatable bonds is 2. The standard InChI is InChI=1S/C14H15N3O/c15-8-14-12-3-1-2-11(10(12)4-7-18-14)13-9-16-5-6-17-13/h1-3,5-6,9,14H,4,7-8,15H2/t14-/m1/s1. The highest BCUT2D eigenvalue weighted by Crippen LogP contribution is 2.32. The first-order valence-electron chi connectivity index (χ1n) is 6.10. The summed E-state index contributed by atoms with van der Waals surface area (Å²) in [5.74, 6) is 0. The van der Waals surface area contributed by atoms with Gasteiger partial charge in [0.1, 0.15) is 0 Å². The van der Waals surface area contributed by atoms with E-state index in [0.29, 0.717) is 13.2 Å². The van der Waals surface area contributed by atoms with Crippen molar-refractivity contribution in [1.82, 2.24) is 9.97 Å². The fourth-order valence-corrected chi connectivity index (χ4v) is 2.45. The monoisotopic (exact) mass is 241 g/mol. The van der Waals surface area contributed by atoms with Crippen LogP contribution in [0.2, 0.25) is 0 Å². The zero-order valence-electron chi connectivity index (χ0n) is 10.0. The van der Waals surface area contributed by atoms with Crippen LogP contribution in [0.15, 0.2) is 36.8 Å². The summed E-state index contributed by atoms with van der Waals surface area (Å²) in [6, 6.07) is 6.20. The Balaban J connectivity index is 2.12. The predicted molar refractivity (Wildman–Crippen MR) is 68.9 cm³/mol. The van der Waals surface area contributed by atoms with Crippen LogP contribution in [-0.4, -0.2) is 23.1 Å². The summed E-state index contributed by atoms with van der Waals surface area (Å²) in [6.07, 6.45) is 6.10. The highest BCUT2D eigenvalue weighted by molar-refractivity contribution is 5.65. The average Bonchev–Trinajstić information content (AvgIpc) is 2.47. The van der Waals surface area contributed by atoms with Crippen LogP contribution in [0, 0.1) is 0 Å². The maximum absolute atomic E-state index is 5.75. The minimum absolute atomic E-state index is 0.00497. The zero-order valence-corrected chi connectivity index (χ0v) is 10.0. The highest BCUT2D eigenvalue weighted by atomic mass is 16.5. The first-order valence-corrected chi connectivity index (χ1v) is 6.10. The van der Waals surface area contributed by atoms with Crippen molar-refractivity contribution in [3.05, 3.63) is 47.9 Å². The Morgan fingerprint density at radius 3 is 3.06 bits per heavy atom. The number of hydrogen-bond donors (Lipinski definition) is 1. The lowest BCUT2D eigenvalue weighted by atomic mass is 9.91. The van der Waals surface area contributed by atoms with Gasteiger partial charge >= 0.3 is 0 Å². The summed E-state index contributed by atoms with van der Waals surface area (Å²) in [7, 11) is 0. The van der Waals surface area contributed by atoms with Gasteiger partial charge in [-0.2, -0.15) is 0 Å². The van der Waals surface area contributed by atoms with Crippen LogP contribution in [0.3, 0.4) is 0 Å². The van der Waals surface area contributed by atoms with E-state index >= 15 is 0 Å². The van der Waals surface area contributed by atoms with Crippen LogP contribution in [0.5, 0.6) is 0 Å². The Bertz CT molecular complexity index is 542. The van der Waals surface area contributed by atoms with Gasteiger partial charge in [-0.3, -0.25) is 9.97 Å². The first-order chi connectivity index (χ1) is 8.90. The molecule has 4 nitrogen and oxygen atoms in total. The molecular weight excluding hydrogens is 226 g/mol. The number of benzene rings is 1. The van der Waals surface area contributed by atoms with Gasteiger partial charge in [-0.1, -0.05) is 18.2 Å². The Hall–Kier alpha value is -1.78.